The third-order valence-corrected chi connectivity index (χ3v) is 5.36. The van der Waals surface area contributed by atoms with E-state index in [-0.39, 0.29) is 0 Å². The summed E-state index contributed by atoms with van der Waals surface area (Å²) in [5.74, 6) is 0. The topological polar surface area (TPSA) is 35.5 Å². The Labute approximate surface area is 135 Å². The molecular weight excluding hydrogens is 328 g/mol. The molecule has 116 valence electrons. The SMILES string of the molecule is CC1(O)CCCN(c2ccc(CNC3CC3)c(Br)c2)CC1. The molecule has 1 aliphatic heterocycles. The molecule has 1 saturated heterocycles. The van der Waals surface area contributed by atoms with E-state index < -0.39 is 5.60 Å². The number of anilines is 1. The molecule has 3 nitrogen and oxygen atoms in total. The molecular formula is C17H25BrN2O. The quantitative estimate of drug-likeness (QED) is 0.871. The second-order valence-corrected chi connectivity index (χ2v) is 7.62. The molecule has 0 spiro atoms. The smallest absolute Gasteiger partial charge is 0.0637 e. The standard InChI is InChI=1S/C17H25BrN2O/c1-17(21)7-2-9-20(10-8-17)15-6-3-13(16(18)11-15)12-19-14-4-5-14/h3,6,11,14,19,21H,2,4-5,7-10,12H2,1H3. The highest BCUT2D eigenvalue weighted by molar-refractivity contribution is 9.10. The van der Waals surface area contributed by atoms with Gasteiger partial charge in [0.1, 0.15) is 0 Å². The molecule has 2 N–H and O–H groups in total. The molecule has 4 heteroatoms. The number of hydrogen-bond acceptors (Lipinski definition) is 3. The normalized spacial score (nSPS) is 26.7. The summed E-state index contributed by atoms with van der Waals surface area (Å²) in [5, 5.41) is 13.8. The lowest BCUT2D eigenvalue weighted by Gasteiger charge is -2.25. The highest BCUT2D eigenvalue weighted by Gasteiger charge is 2.25. The van der Waals surface area contributed by atoms with Gasteiger partial charge in [0.2, 0.25) is 0 Å². The Bertz CT molecular complexity index is 500. The lowest BCUT2D eigenvalue weighted by atomic mass is 9.98. The Morgan fingerprint density at radius 3 is 2.86 bits per heavy atom. The Morgan fingerprint density at radius 2 is 2.14 bits per heavy atom. The summed E-state index contributed by atoms with van der Waals surface area (Å²) < 4.78 is 1.18. The van der Waals surface area contributed by atoms with E-state index in [4.69, 9.17) is 0 Å². The van der Waals surface area contributed by atoms with E-state index in [1.54, 1.807) is 0 Å². The van der Waals surface area contributed by atoms with E-state index in [2.05, 4.69) is 44.3 Å². The number of nitrogens with zero attached hydrogens (tertiary/aromatic N) is 1. The molecule has 1 saturated carbocycles. The predicted octanol–water partition coefficient (Wildman–Crippen LogP) is 3.44. The van der Waals surface area contributed by atoms with Gasteiger partial charge in [-0.2, -0.15) is 0 Å². The number of nitrogens with one attached hydrogen (secondary N) is 1. The maximum absolute atomic E-state index is 10.2. The fraction of sp³-hybridized carbons (Fsp3) is 0.647. The van der Waals surface area contributed by atoms with Crippen LogP contribution in [0.5, 0.6) is 0 Å². The summed E-state index contributed by atoms with van der Waals surface area (Å²) in [7, 11) is 0. The second kappa shape index (κ2) is 6.27. The van der Waals surface area contributed by atoms with Crippen LogP contribution in [-0.2, 0) is 6.54 Å². The minimum absolute atomic E-state index is 0.500. The zero-order valence-electron chi connectivity index (χ0n) is 12.7. The molecule has 1 heterocycles. The first-order valence-electron chi connectivity index (χ1n) is 8.03. The van der Waals surface area contributed by atoms with Crippen molar-refractivity contribution >= 4 is 21.6 Å². The monoisotopic (exact) mass is 352 g/mol. The maximum atomic E-state index is 10.2. The summed E-state index contributed by atoms with van der Waals surface area (Å²) in [6, 6.07) is 7.40. The molecule has 2 aliphatic rings. The van der Waals surface area contributed by atoms with E-state index in [0.29, 0.717) is 0 Å². The van der Waals surface area contributed by atoms with Crippen molar-refractivity contribution in [3.63, 3.8) is 0 Å². The molecule has 1 aliphatic carbocycles. The first kappa shape index (κ1) is 15.3. The first-order valence-corrected chi connectivity index (χ1v) is 8.82. The van der Waals surface area contributed by atoms with Crippen molar-refractivity contribution in [1.29, 1.82) is 0 Å². The van der Waals surface area contributed by atoms with Crippen LogP contribution in [-0.4, -0.2) is 29.8 Å². The third kappa shape index (κ3) is 4.21. The molecule has 0 radical (unpaired) electrons. The van der Waals surface area contributed by atoms with E-state index in [9.17, 15) is 5.11 Å². The van der Waals surface area contributed by atoms with Crippen LogP contribution >= 0.6 is 15.9 Å². The number of hydrogen-bond donors (Lipinski definition) is 2. The van der Waals surface area contributed by atoms with Crippen LogP contribution in [0.2, 0.25) is 0 Å². The molecule has 21 heavy (non-hydrogen) atoms. The fourth-order valence-electron chi connectivity index (χ4n) is 2.94. The van der Waals surface area contributed by atoms with Crippen LogP contribution in [0.15, 0.2) is 22.7 Å². The van der Waals surface area contributed by atoms with E-state index in [1.165, 1.54) is 28.6 Å². The van der Waals surface area contributed by atoms with Crippen molar-refractivity contribution in [2.24, 2.45) is 0 Å². The van der Waals surface area contributed by atoms with Gasteiger partial charge < -0.3 is 15.3 Å². The average molecular weight is 353 g/mol. The van der Waals surface area contributed by atoms with E-state index in [1.807, 2.05) is 6.92 Å². The van der Waals surface area contributed by atoms with Crippen LogP contribution in [0.3, 0.4) is 0 Å². The molecule has 1 aromatic rings. The molecule has 0 amide bonds. The average Bonchev–Trinajstić information content (AvgIpc) is 3.25. The largest absolute Gasteiger partial charge is 0.390 e. The fourth-order valence-corrected chi connectivity index (χ4v) is 3.45. The summed E-state index contributed by atoms with van der Waals surface area (Å²) in [6.07, 6.45) is 5.44. The van der Waals surface area contributed by atoms with Gasteiger partial charge in [-0.05, 0) is 56.7 Å². The number of aliphatic hydroxyl groups is 1. The van der Waals surface area contributed by atoms with Crippen molar-refractivity contribution in [1.82, 2.24) is 5.32 Å². The molecule has 1 atom stereocenters. The maximum Gasteiger partial charge on any atom is 0.0637 e. The summed E-state index contributed by atoms with van der Waals surface area (Å²) in [6.45, 7) is 4.86. The zero-order chi connectivity index (χ0) is 14.9. The molecule has 1 aromatic carbocycles. The molecule has 0 bridgehead atoms. The van der Waals surface area contributed by atoms with Crippen LogP contribution in [0, 0.1) is 0 Å². The first-order chi connectivity index (χ1) is 10.0. The van der Waals surface area contributed by atoms with Crippen LogP contribution in [0.25, 0.3) is 0 Å². The number of benzene rings is 1. The highest BCUT2D eigenvalue weighted by atomic mass is 79.9. The van der Waals surface area contributed by atoms with Crippen molar-refractivity contribution in [3.05, 3.63) is 28.2 Å². The van der Waals surface area contributed by atoms with E-state index >= 15 is 0 Å². The minimum atomic E-state index is -0.500. The number of halogens is 1. The lowest BCUT2D eigenvalue weighted by Crippen LogP contribution is -2.28. The van der Waals surface area contributed by atoms with Gasteiger partial charge in [0, 0.05) is 35.8 Å². The lowest BCUT2D eigenvalue weighted by molar-refractivity contribution is 0.0481. The van der Waals surface area contributed by atoms with Crippen LogP contribution < -0.4 is 10.2 Å². The summed E-state index contributed by atoms with van der Waals surface area (Å²) >= 11 is 3.71. The zero-order valence-corrected chi connectivity index (χ0v) is 14.3. The molecule has 3 rings (SSSR count). The van der Waals surface area contributed by atoms with Crippen molar-refractivity contribution in [2.75, 3.05) is 18.0 Å². The predicted molar refractivity (Wildman–Crippen MR) is 90.7 cm³/mol. The van der Waals surface area contributed by atoms with Gasteiger partial charge in [-0.25, -0.2) is 0 Å². The highest BCUT2D eigenvalue weighted by Crippen LogP contribution is 2.29. The van der Waals surface area contributed by atoms with Gasteiger partial charge in [0.25, 0.3) is 0 Å². The molecule has 0 aromatic heterocycles. The van der Waals surface area contributed by atoms with Crippen LogP contribution in [0.4, 0.5) is 5.69 Å². The minimum Gasteiger partial charge on any atom is -0.390 e. The van der Waals surface area contributed by atoms with Crippen molar-refractivity contribution < 1.29 is 5.11 Å². The van der Waals surface area contributed by atoms with Gasteiger partial charge in [-0.15, -0.1) is 0 Å². The van der Waals surface area contributed by atoms with Gasteiger partial charge >= 0.3 is 0 Å². The number of rotatable bonds is 4. The van der Waals surface area contributed by atoms with Crippen LogP contribution in [0.1, 0.15) is 44.6 Å². The molecule has 1 unspecified atom stereocenters. The van der Waals surface area contributed by atoms with Crippen molar-refractivity contribution in [3.8, 4) is 0 Å². The Kier molecular flexibility index (Phi) is 4.57. The van der Waals surface area contributed by atoms with Gasteiger partial charge in [-0.3, -0.25) is 0 Å². The Balaban J connectivity index is 1.65. The van der Waals surface area contributed by atoms with Crippen molar-refractivity contribution in [2.45, 2.75) is 57.2 Å². The Hall–Kier alpha value is -0.580. The second-order valence-electron chi connectivity index (χ2n) is 6.77. The van der Waals surface area contributed by atoms with Gasteiger partial charge in [-0.1, -0.05) is 22.0 Å². The van der Waals surface area contributed by atoms with Gasteiger partial charge in [0.15, 0.2) is 0 Å². The molecule has 2 fully saturated rings. The summed E-state index contributed by atoms with van der Waals surface area (Å²) in [5.41, 5.74) is 2.09. The van der Waals surface area contributed by atoms with E-state index in [0.717, 1.165) is 44.9 Å². The van der Waals surface area contributed by atoms with Gasteiger partial charge in [0.05, 0.1) is 5.60 Å². The Morgan fingerprint density at radius 1 is 1.33 bits per heavy atom. The summed E-state index contributed by atoms with van der Waals surface area (Å²) in [4.78, 5) is 2.39. The third-order valence-electron chi connectivity index (χ3n) is 4.62.